The Labute approximate surface area is 115 Å². The predicted molar refractivity (Wildman–Crippen MR) is 77.6 cm³/mol. The molecule has 3 nitrogen and oxygen atoms in total. The van der Waals surface area contributed by atoms with Crippen molar-refractivity contribution in [1.82, 2.24) is 4.98 Å². The van der Waals surface area contributed by atoms with E-state index < -0.39 is 0 Å². The summed E-state index contributed by atoms with van der Waals surface area (Å²) in [7, 11) is 0. The van der Waals surface area contributed by atoms with Gasteiger partial charge < -0.3 is 9.84 Å². The van der Waals surface area contributed by atoms with Gasteiger partial charge in [-0.3, -0.25) is 0 Å². The van der Waals surface area contributed by atoms with Crippen molar-refractivity contribution in [1.29, 1.82) is 0 Å². The molecule has 3 aromatic rings. The molecule has 0 aliphatic carbocycles. The number of benzene rings is 2. The summed E-state index contributed by atoms with van der Waals surface area (Å²) in [5.74, 6) is 0.771. The maximum atomic E-state index is 8.71. The average molecular weight is 271 g/mol. The molecule has 0 unspecified atom stereocenters. The lowest BCUT2D eigenvalue weighted by Gasteiger charge is -2.06. The van der Waals surface area contributed by atoms with E-state index in [0.29, 0.717) is 6.61 Å². The lowest BCUT2D eigenvalue weighted by atomic mass is 10.1. The van der Waals surface area contributed by atoms with Crippen LogP contribution >= 0.6 is 11.3 Å². The van der Waals surface area contributed by atoms with Crippen LogP contribution in [0.2, 0.25) is 0 Å². The molecule has 0 radical (unpaired) electrons. The predicted octanol–water partition coefficient (Wildman–Crippen LogP) is 3.33. The van der Waals surface area contributed by atoms with Crippen LogP contribution in [-0.2, 0) is 0 Å². The molecule has 96 valence electrons. The zero-order valence-electron chi connectivity index (χ0n) is 10.2. The topological polar surface area (TPSA) is 42.4 Å². The van der Waals surface area contributed by atoms with Crippen molar-refractivity contribution in [2.75, 3.05) is 13.2 Å². The minimum Gasteiger partial charge on any atom is -0.491 e. The zero-order valence-corrected chi connectivity index (χ0v) is 11.1. The van der Waals surface area contributed by atoms with Gasteiger partial charge in [0.05, 0.1) is 22.3 Å². The number of thiazole rings is 1. The van der Waals surface area contributed by atoms with Crippen molar-refractivity contribution in [3.05, 3.63) is 48.0 Å². The van der Waals surface area contributed by atoms with Crippen LogP contribution in [0.5, 0.6) is 5.75 Å². The van der Waals surface area contributed by atoms with Crippen molar-refractivity contribution in [3.63, 3.8) is 0 Å². The van der Waals surface area contributed by atoms with Crippen molar-refractivity contribution < 1.29 is 9.84 Å². The molecule has 0 saturated carbocycles. The number of aliphatic hydroxyl groups is 1. The third kappa shape index (κ3) is 2.59. The number of nitrogens with zero attached hydrogens (tertiary/aromatic N) is 1. The molecule has 0 atom stereocenters. The van der Waals surface area contributed by atoms with Crippen molar-refractivity contribution in [2.45, 2.75) is 0 Å². The van der Waals surface area contributed by atoms with E-state index in [9.17, 15) is 0 Å². The first-order chi connectivity index (χ1) is 9.36. The monoisotopic (exact) mass is 271 g/mol. The summed E-state index contributed by atoms with van der Waals surface area (Å²) < 4.78 is 6.54. The fraction of sp³-hybridized carbons (Fsp3) is 0.133. The van der Waals surface area contributed by atoms with Crippen LogP contribution in [0.4, 0.5) is 0 Å². The molecule has 0 saturated heterocycles. The van der Waals surface area contributed by atoms with E-state index in [1.165, 1.54) is 4.70 Å². The van der Waals surface area contributed by atoms with Crippen LogP contribution in [-0.4, -0.2) is 23.3 Å². The van der Waals surface area contributed by atoms with Gasteiger partial charge in [-0.25, -0.2) is 4.98 Å². The van der Waals surface area contributed by atoms with Gasteiger partial charge in [0.2, 0.25) is 0 Å². The van der Waals surface area contributed by atoms with Crippen LogP contribution in [0.15, 0.2) is 48.0 Å². The van der Waals surface area contributed by atoms with Crippen molar-refractivity contribution in [3.8, 4) is 16.9 Å². The van der Waals surface area contributed by atoms with E-state index >= 15 is 0 Å². The zero-order chi connectivity index (χ0) is 13.1. The first-order valence-corrected chi connectivity index (χ1v) is 6.92. The van der Waals surface area contributed by atoms with Gasteiger partial charge in [-0.15, -0.1) is 11.3 Å². The van der Waals surface area contributed by atoms with Gasteiger partial charge in [-0.1, -0.05) is 18.2 Å². The normalized spacial score (nSPS) is 10.8. The number of aliphatic hydroxyl groups excluding tert-OH is 1. The number of rotatable bonds is 4. The van der Waals surface area contributed by atoms with Gasteiger partial charge >= 0.3 is 0 Å². The highest BCUT2D eigenvalue weighted by Crippen LogP contribution is 2.27. The van der Waals surface area contributed by atoms with E-state index in [1.54, 1.807) is 11.3 Å². The largest absolute Gasteiger partial charge is 0.491 e. The third-order valence-electron chi connectivity index (χ3n) is 2.88. The molecule has 1 N–H and O–H groups in total. The maximum Gasteiger partial charge on any atom is 0.119 e. The van der Waals surface area contributed by atoms with E-state index in [4.69, 9.17) is 9.84 Å². The Hall–Kier alpha value is -1.91. The van der Waals surface area contributed by atoms with Crippen molar-refractivity contribution in [2.24, 2.45) is 0 Å². The second-order valence-electron chi connectivity index (χ2n) is 4.13. The van der Waals surface area contributed by atoms with Crippen LogP contribution < -0.4 is 4.74 Å². The lowest BCUT2D eigenvalue weighted by Crippen LogP contribution is -2.01. The minimum absolute atomic E-state index is 0.0300. The summed E-state index contributed by atoms with van der Waals surface area (Å²) in [5.41, 5.74) is 5.17. The molecule has 3 rings (SSSR count). The molecule has 0 fully saturated rings. The molecule has 1 aromatic heterocycles. The summed E-state index contributed by atoms with van der Waals surface area (Å²) in [4.78, 5) is 4.33. The van der Waals surface area contributed by atoms with Crippen LogP contribution in [0.3, 0.4) is 0 Å². The molecular formula is C15H13NO2S. The SMILES string of the molecule is OCCOc1ccc(-c2ccc3scnc3c2)cc1. The van der Waals surface area contributed by atoms with Gasteiger partial charge in [-0.2, -0.15) is 0 Å². The summed E-state index contributed by atoms with van der Waals surface area (Å²) in [6.45, 7) is 0.354. The van der Waals surface area contributed by atoms with Gasteiger partial charge in [0.25, 0.3) is 0 Å². The molecule has 4 heteroatoms. The van der Waals surface area contributed by atoms with E-state index in [2.05, 4.69) is 23.2 Å². The Morgan fingerprint density at radius 1 is 1.05 bits per heavy atom. The summed E-state index contributed by atoms with van der Waals surface area (Å²) >= 11 is 1.65. The van der Waals surface area contributed by atoms with Crippen LogP contribution in [0, 0.1) is 0 Å². The smallest absolute Gasteiger partial charge is 0.119 e. The minimum atomic E-state index is 0.0300. The molecule has 0 bridgehead atoms. The standard InChI is InChI=1S/C15H13NO2S/c17-7-8-18-13-4-1-11(2-5-13)12-3-6-15-14(9-12)16-10-19-15/h1-6,9-10,17H,7-8H2. The molecular weight excluding hydrogens is 258 g/mol. The Bertz CT molecular complexity index is 676. The molecule has 0 spiro atoms. The second-order valence-corrected chi connectivity index (χ2v) is 5.02. The summed E-state index contributed by atoms with van der Waals surface area (Å²) in [5, 5.41) is 8.71. The Morgan fingerprint density at radius 2 is 1.84 bits per heavy atom. The maximum absolute atomic E-state index is 8.71. The number of ether oxygens (including phenoxy) is 1. The highest BCUT2D eigenvalue weighted by Gasteiger charge is 2.02. The molecule has 0 aliphatic rings. The third-order valence-corrected chi connectivity index (χ3v) is 3.69. The number of hydrogen-bond donors (Lipinski definition) is 1. The highest BCUT2D eigenvalue weighted by atomic mass is 32.1. The second kappa shape index (κ2) is 5.38. The number of aromatic nitrogens is 1. The Morgan fingerprint density at radius 3 is 2.63 bits per heavy atom. The lowest BCUT2D eigenvalue weighted by molar-refractivity contribution is 0.201. The average Bonchev–Trinajstić information content (AvgIpc) is 2.93. The first kappa shape index (κ1) is 12.1. The fourth-order valence-corrected chi connectivity index (χ4v) is 2.60. The molecule has 19 heavy (non-hydrogen) atoms. The fourth-order valence-electron chi connectivity index (χ4n) is 1.94. The Kier molecular flexibility index (Phi) is 3.44. The molecule has 1 heterocycles. The molecule has 0 aliphatic heterocycles. The number of fused-ring (bicyclic) bond motifs is 1. The first-order valence-electron chi connectivity index (χ1n) is 6.04. The van der Waals surface area contributed by atoms with Crippen LogP contribution in [0.25, 0.3) is 21.3 Å². The Balaban J connectivity index is 1.88. The van der Waals surface area contributed by atoms with Crippen LogP contribution in [0.1, 0.15) is 0 Å². The van der Waals surface area contributed by atoms with E-state index in [-0.39, 0.29) is 6.61 Å². The van der Waals surface area contributed by atoms with Crippen molar-refractivity contribution >= 4 is 21.6 Å². The number of hydrogen-bond acceptors (Lipinski definition) is 4. The van der Waals surface area contributed by atoms with Gasteiger partial charge in [0, 0.05) is 0 Å². The van der Waals surface area contributed by atoms with Gasteiger partial charge in [0.15, 0.2) is 0 Å². The summed E-state index contributed by atoms with van der Waals surface area (Å²) in [6, 6.07) is 14.1. The molecule has 0 amide bonds. The molecule has 2 aromatic carbocycles. The quantitative estimate of drug-likeness (QED) is 0.791. The highest BCUT2D eigenvalue weighted by molar-refractivity contribution is 7.16. The van der Waals surface area contributed by atoms with Gasteiger partial charge in [0.1, 0.15) is 12.4 Å². The summed E-state index contributed by atoms with van der Waals surface area (Å²) in [6.07, 6.45) is 0. The van der Waals surface area contributed by atoms with E-state index in [1.807, 2.05) is 29.8 Å². The van der Waals surface area contributed by atoms with E-state index in [0.717, 1.165) is 22.4 Å². The van der Waals surface area contributed by atoms with Gasteiger partial charge in [-0.05, 0) is 35.4 Å².